The molecule has 0 aromatic carbocycles. The summed E-state index contributed by atoms with van der Waals surface area (Å²) in [5, 5.41) is 18.7. The van der Waals surface area contributed by atoms with Crippen LogP contribution >= 0.6 is 0 Å². The molecule has 2 amide bonds. The van der Waals surface area contributed by atoms with Gasteiger partial charge in [0.25, 0.3) is 0 Å². The van der Waals surface area contributed by atoms with Gasteiger partial charge < -0.3 is 10.2 Å². The number of amides is 2. The molecule has 5 heteroatoms. The molecule has 2 bridgehead atoms. The number of carbonyl (C=O) groups excluding carboxylic acids is 2. The molecule has 1 aliphatic heterocycles. The molecule has 0 aromatic heterocycles. The largest absolute Gasteiger partial charge is 0.394 e. The van der Waals surface area contributed by atoms with Crippen LogP contribution in [-0.4, -0.2) is 45.7 Å². The van der Waals surface area contributed by atoms with Crippen LogP contribution in [0.15, 0.2) is 24.8 Å². The zero-order chi connectivity index (χ0) is 15.1. The van der Waals surface area contributed by atoms with Crippen molar-refractivity contribution in [3.8, 4) is 0 Å². The van der Waals surface area contributed by atoms with Crippen molar-refractivity contribution < 1.29 is 19.8 Å². The van der Waals surface area contributed by atoms with Crippen LogP contribution in [0.3, 0.4) is 0 Å². The Labute approximate surface area is 123 Å². The van der Waals surface area contributed by atoms with Gasteiger partial charge in [-0.15, -0.1) is 6.58 Å². The van der Waals surface area contributed by atoms with Crippen LogP contribution in [0, 0.1) is 23.7 Å². The lowest BCUT2D eigenvalue weighted by Gasteiger charge is -2.28. The van der Waals surface area contributed by atoms with E-state index in [1.165, 1.54) is 4.90 Å². The molecule has 2 N–H and O–H groups in total. The number of imide groups is 1. The number of likely N-dealkylation sites (tertiary alicyclic amines) is 1. The van der Waals surface area contributed by atoms with Gasteiger partial charge in [0.05, 0.1) is 24.5 Å². The molecule has 3 rings (SSSR count). The smallest absolute Gasteiger partial charge is 0.233 e. The Bertz CT molecular complexity index is 471. The molecule has 0 radical (unpaired) electrons. The number of fused-ring (bicyclic) bond motifs is 5. The van der Waals surface area contributed by atoms with Crippen LogP contribution < -0.4 is 0 Å². The fourth-order valence-electron chi connectivity index (χ4n) is 4.17. The predicted octanol–water partition coefficient (Wildman–Crippen LogP) is 0.481. The van der Waals surface area contributed by atoms with E-state index in [4.69, 9.17) is 5.11 Å². The summed E-state index contributed by atoms with van der Waals surface area (Å²) in [6.45, 7) is 3.29. The summed E-state index contributed by atoms with van der Waals surface area (Å²) in [6.07, 6.45) is 6.39. The van der Waals surface area contributed by atoms with Crippen molar-refractivity contribution >= 4 is 11.8 Å². The van der Waals surface area contributed by atoms with Gasteiger partial charge in [-0.25, -0.2) is 0 Å². The quantitative estimate of drug-likeness (QED) is 0.551. The first-order valence-corrected chi connectivity index (χ1v) is 7.53. The molecule has 2 aliphatic carbocycles. The molecule has 6 atom stereocenters. The van der Waals surface area contributed by atoms with E-state index in [-0.39, 0.29) is 48.5 Å². The second-order valence-electron chi connectivity index (χ2n) is 6.30. The van der Waals surface area contributed by atoms with E-state index in [1.54, 1.807) is 6.08 Å². The summed E-state index contributed by atoms with van der Waals surface area (Å²) in [7, 11) is 0. The van der Waals surface area contributed by atoms with E-state index in [0.717, 1.165) is 6.42 Å². The highest BCUT2D eigenvalue weighted by Crippen LogP contribution is 2.53. The van der Waals surface area contributed by atoms with Crippen molar-refractivity contribution in [2.75, 3.05) is 6.61 Å². The third kappa shape index (κ3) is 2.15. The molecule has 1 saturated heterocycles. The number of allylic oxidation sites excluding steroid dienone is 2. The summed E-state index contributed by atoms with van der Waals surface area (Å²) >= 11 is 0. The van der Waals surface area contributed by atoms with Crippen LogP contribution in [0.1, 0.15) is 19.3 Å². The van der Waals surface area contributed by atoms with Crippen molar-refractivity contribution in [2.45, 2.75) is 31.4 Å². The van der Waals surface area contributed by atoms with Crippen molar-refractivity contribution in [3.63, 3.8) is 0 Å². The fraction of sp³-hybridized carbons (Fsp3) is 0.625. The van der Waals surface area contributed by atoms with E-state index < -0.39 is 12.1 Å². The standard InChI is InChI=1S/C16H21NO4/c1-2-3-11(7-12(19)8-18)17-15(20)13-9-4-5-10(6-9)14(13)16(17)21/h2,4-5,9-14,18-19H,1,3,6-8H2. The number of hydrogen-bond acceptors (Lipinski definition) is 4. The lowest BCUT2D eigenvalue weighted by molar-refractivity contribution is -0.144. The zero-order valence-corrected chi connectivity index (χ0v) is 11.9. The van der Waals surface area contributed by atoms with E-state index in [2.05, 4.69) is 18.7 Å². The molecule has 1 saturated carbocycles. The molecule has 6 unspecified atom stereocenters. The summed E-state index contributed by atoms with van der Waals surface area (Å²) < 4.78 is 0. The van der Waals surface area contributed by atoms with Crippen LogP contribution in [0.25, 0.3) is 0 Å². The van der Waals surface area contributed by atoms with Crippen LogP contribution in [0.4, 0.5) is 0 Å². The number of hydrogen-bond donors (Lipinski definition) is 2. The first kappa shape index (κ1) is 14.5. The Morgan fingerprint density at radius 3 is 2.33 bits per heavy atom. The Balaban J connectivity index is 1.83. The number of nitrogens with zero attached hydrogens (tertiary/aromatic N) is 1. The van der Waals surface area contributed by atoms with Crippen molar-refractivity contribution in [2.24, 2.45) is 23.7 Å². The van der Waals surface area contributed by atoms with Gasteiger partial charge in [0, 0.05) is 6.04 Å². The van der Waals surface area contributed by atoms with Crippen LogP contribution in [0.2, 0.25) is 0 Å². The average molecular weight is 291 g/mol. The van der Waals surface area contributed by atoms with Gasteiger partial charge in [0.1, 0.15) is 0 Å². The van der Waals surface area contributed by atoms with Crippen molar-refractivity contribution in [1.29, 1.82) is 0 Å². The van der Waals surface area contributed by atoms with E-state index >= 15 is 0 Å². The van der Waals surface area contributed by atoms with Gasteiger partial charge >= 0.3 is 0 Å². The predicted molar refractivity (Wildman–Crippen MR) is 75.9 cm³/mol. The maximum absolute atomic E-state index is 12.7. The van der Waals surface area contributed by atoms with Gasteiger partial charge in [-0.2, -0.15) is 0 Å². The highest BCUT2D eigenvalue weighted by molar-refractivity contribution is 6.06. The maximum Gasteiger partial charge on any atom is 0.233 e. The molecule has 114 valence electrons. The number of carbonyl (C=O) groups is 2. The molecule has 0 aromatic rings. The Kier molecular flexibility index (Phi) is 3.71. The Morgan fingerprint density at radius 2 is 1.86 bits per heavy atom. The average Bonchev–Trinajstić information content (AvgIpc) is 3.13. The van der Waals surface area contributed by atoms with E-state index in [1.807, 2.05) is 0 Å². The van der Waals surface area contributed by atoms with Crippen LogP contribution in [0.5, 0.6) is 0 Å². The van der Waals surface area contributed by atoms with Gasteiger partial charge in [-0.05, 0) is 31.1 Å². The second kappa shape index (κ2) is 5.39. The monoisotopic (exact) mass is 291 g/mol. The first-order chi connectivity index (χ1) is 10.1. The molecule has 2 fully saturated rings. The number of aliphatic hydroxyl groups excluding tert-OH is 2. The topological polar surface area (TPSA) is 77.8 Å². The SMILES string of the molecule is C=CCC(CC(O)CO)N1C(=O)C2C3C=CC(C3)C2C1=O. The molecule has 21 heavy (non-hydrogen) atoms. The molecule has 0 spiro atoms. The minimum absolute atomic E-state index is 0.112. The van der Waals surface area contributed by atoms with E-state index in [0.29, 0.717) is 6.42 Å². The lowest BCUT2D eigenvalue weighted by Crippen LogP contribution is -2.43. The molecular formula is C16H21NO4. The summed E-state index contributed by atoms with van der Waals surface area (Å²) in [5.74, 6) is -0.281. The third-order valence-corrected chi connectivity index (χ3v) is 5.06. The maximum atomic E-state index is 12.7. The van der Waals surface area contributed by atoms with Gasteiger partial charge in [0.2, 0.25) is 11.8 Å². The molecule has 3 aliphatic rings. The summed E-state index contributed by atoms with van der Waals surface area (Å²) in [6, 6.07) is -0.408. The summed E-state index contributed by atoms with van der Waals surface area (Å²) in [5.41, 5.74) is 0. The van der Waals surface area contributed by atoms with Gasteiger partial charge in [-0.3, -0.25) is 14.5 Å². The number of rotatable bonds is 6. The minimum Gasteiger partial charge on any atom is -0.394 e. The van der Waals surface area contributed by atoms with Crippen molar-refractivity contribution in [1.82, 2.24) is 4.90 Å². The van der Waals surface area contributed by atoms with Gasteiger partial charge in [0.15, 0.2) is 0 Å². The molecule has 5 nitrogen and oxygen atoms in total. The highest BCUT2D eigenvalue weighted by Gasteiger charge is 2.60. The summed E-state index contributed by atoms with van der Waals surface area (Å²) in [4.78, 5) is 26.7. The highest BCUT2D eigenvalue weighted by atomic mass is 16.3. The van der Waals surface area contributed by atoms with E-state index in [9.17, 15) is 14.7 Å². The fourth-order valence-corrected chi connectivity index (χ4v) is 4.17. The Hall–Kier alpha value is -1.46. The van der Waals surface area contributed by atoms with Crippen molar-refractivity contribution in [3.05, 3.63) is 24.8 Å². The minimum atomic E-state index is -0.925. The van der Waals surface area contributed by atoms with Gasteiger partial charge in [-0.1, -0.05) is 18.2 Å². The van der Waals surface area contributed by atoms with Crippen LogP contribution in [-0.2, 0) is 9.59 Å². The molecular weight excluding hydrogens is 270 g/mol. The molecule has 1 heterocycles. The number of aliphatic hydroxyl groups is 2. The lowest BCUT2D eigenvalue weighted by atomic mass is 9.85. The Morgan fingerprint density at radius 1 is 1.29 bits per heavy atom. The third-order valence-electron chi connectivity index (χ3n) is 5.06. The second-order valence-corrected chi connectivity index (χ2v) is 6.30. The first-order valence-electron chi connectivity index (χ1n) is 7.53. The normalized spacial score (nSPS) is 36.2. The zero-order valence-electron chi connectivity index (χ0n) is 11.9.